The normalized spacial score (nSPS) is 12.7. The molecule has 536 valence electrons. The molecule has 1 fully saturated rings. The lowest BCUT2D eigenvalue weighted by Gasteiger charge is -2.32. The van der Waals surface area contributed by atoms with Crippen LogP contribution in [0.25, 0.3) is 10.9 Å². The van der Waals surface area contributed by atoms with Gasteiger partial charge >= 0.3 is 6.09 Å². The van der Waals surface area contributed by atoms with E-state index >= 15 is 0 Å². The topological polar surface area (TPSA) is 258 Å². The predicted molar refractivity (Wildman–Crippen MR) is 392 cm³/mol. The molecule has 20 nitrogen and oxygen atoms in total. The van der Waals surface area contributed by atoms with Crippen LogP contribution in [0.1, 0.15) is 172 Å². The van der Waals surface area contributed by atoms with Crippen molar-refractivity contribution in [2.24, 2.45) is 10.8 Å². The Labute approximate surface area is 584 Å². The van der Waals surface area contributed by atoms with Gasteiger partial charge in [-0.15, -0.1) is 0 Å². The van der Waals surface area contributed by atoms with Crippen LogP contribution in [-0.2, 0) is 55.4 Å². The summed E-state index contributed by atoms with van der Waals surface area (Å²) in [6, 6.07) is 37.2. The minimum atomic E-state index is -3.69. The highest BCUT2D eigenvalue weighted by molar-refractivity contribution is 7.89. The highest BCUT2D eigenvalue weighted by Gasteiger charge is 2.31. The summed E-state index contributed by atoms with van der Waals surface area (Å²) in [5.74, 6) is 0.533. The number of nitrogens with one attached hydrogen (secondary N) is 6. The third-order valence-corrected chi connectivity index (χ3v) is 17.0. The van der Waals surface area contributed by atoms with Crippen molar-refractivity contribution >= 4 is 68.1 Å². The van der Waals surface area contributed by atoms with E-state index in [-0.39, 0.29) is 70.2 Å². The molecule has 97 heavy (non-hydrogen) atoms. The lowest BCUT2D eigenvalue weighted by atomic mass is 9.84. The van der Waals surface area contributed by atoms with Gasteiger partial charge in [-0.25, -0.2) is 23.2 Å². The second-order valence-electron chi connectivity index (χ2n) is 26.1. The van der Waals surface area contributed by atoms with Crippen molar-refractivity contribution < 1.29 is 51.3 Å². The SMILES string of the molecule is C.CCCNC(=O)c1ccc(S(=O)(=O)N2CCC(Nc3ncnc4ccc(C(c5ccc(C)cc5)c5ccc(Cl)cc5)cc34)CC2)cc1.CCCOC.CCNC(=O)OCc1ccc(C(C)(C)C)cc1.CNC(=O)CCOCCNC(=O)C(C)(C)C.COCCNC(=O)C(C)(C)C. The maximum absolute atomic E-state index is 13.4. The Balaban J connectivity index is 0.000000522. The standard InChI is InChI=1S/C37H38ClN5O3S.C14H21NO2.C11H22N2O3.C8H17NO2.C4H10O.CH4/c1-3-20-39-37(44)28-10-15-32(16-11-28)47(45,46)43-21-18-31(19-22-43)42-36-33-23-29(12-17-34(33)40-24-41-36)35(26-6-4-25(2)5-7-26)27-8-13-30(38)14-9-27;1-5-15-13(16)17-10-11-6-8-12(9-7-11)14(2,3)4;1-11(2,3)10(15)13-6-8-16-7-5-9(14)12-4;1-8(2,3)7(10)9-5-6-11-4;1-3-4-5-2;/h4-17,23-24,31,35H,3,18-22H2,1-2H3,(H,39,44)(H,40,41,42);6-9H,5,10H2,1-4H3,(H,15,16);5-8H2,1-4H3,(H,12,14)(H,13,15);5-6H2,1-4H3,(H,9,10);3-4H2,1-2H3;1H4. The van der Waals surface area contributed by atoms with E-state index in [1.165, 1.54) is 33.1 Å². The monoisotopic (exact) mass is 1380 g/mol. The fourth-order valence-electron chi connectivity index (χ4n) is 9.14. The minimum absolute atomic E-state index is 0. The number of nitrogens with zero attached hydrogens (tertiary/aromatic N) is 3. The van der Waals surface area contributed by atoms with Gasteiger partial charge in [0.1, 0.15) is 18.8 Å². The van der Waals surface area contributed by atoms with Gasteiger partial charge in [-0.05, 0) is 121 Å². The maximum Gasteiger partial charge on any atom is 0.407 e. The van der Waals surface area contributed by atoms with Crippen LogP contribution in [0.4, 0.5) is 10.6 Å². The summed E-state index contributed by atoms with van der Waals surface area (Å²) in [6.45, 7) is 31.3. The first-order valence-electron chi connectivity index (χ1n) is 33.0. The van der Waals surface area contributed by atoms with Crippen molar-refractivity contribution in [2.45, 2.75) is 158 Å². The average molecular weight is 1380 g/mol. The van der Waals surface area contributed by atoms with Gasteiger partial charge in [0.2, 0.25) is 27.7 Å². The molecule has 1 saturated heterocycles. The molecule has 1 aliphatic rings. The Morgan fingerprint density at radius 1 is 0.649 bits per heavy atom. The summed E-state index contributed by atoms with van der Waals surface area (Å²) >= 11 is 6.24. The van der Waals surface area contributed by atoms with Gasteiger partial charge in [-0.1, -0.05) is 167 Å². The molecule has 1 aromatic heterocycles. The van der Waals surface area contributed by atoms with E-state index in [0.717, 1.165) is 52.9 Å². The predicted octanol–water partition coefficient (Wildman–Crippen LogP) is 13.2. The van der Waals surface area contributed by atoms with E-state index in [9.17, 15) is 32.4 Å². The Bertz CT molecular complexity index is 3350. The Morgan fingerprint density at radius 2 is 1.21 bits per heavy atom. The van der Waals surface area contributed by atoms with Gasteiger partial charge in [0.05, 0.1) is 30.2 Å². The number of fused-ring (bicyclic) bond motifs is 1. The zero-order chi connectivity index (χ0) is 71.5. The summed E-state index contributed by atoms with van der Waals surface area (Å²) < 4.78 is 48.1. The van der Waals surface area contributed by atoms with Gasteiger partial charge in [-0.3, -0.25) is 19.2 Å². The Kier molecular flexibility index (Phi) is 38.5. The summed E-state index contributed by atoms with van der Waals surface area (Å²) in [6.07, 6.45) is 4.74. The number of aromatic nitrogens is 2. The van der Waals surface area contributed by atoms with Crippen LogP contribution in [0.3, 0.4) is 0 Å². The van der Waals surface area contributed by atoms with Gasteiger partial charge in [0, 0.05) is 112 Å². The molecule has 0 bridgehead atoms. The van der Waals surface area contributed by atoms with Crippen LogP contribution < -0.4 is 31.9 Å². The number of ether oxygens (including phenoxy) is 4. The summed E-state index contributed by atoms with van der Waals surface area (Å²) in [4.78, 5) is 66.1. The van der Waals surface area contributed by atoms with Crippen molar-refractivity contribution in [1.82, 2.24) is 40.9 Å². The Hall–Kier alpha value is -7.53. The highest BCUT2D eigenvalue weighted by atomic mass is 35.5. The molecule has 22 heteroatoms. The second-order valence-corrected chi connectivity index (χ2v) is 28.5. The van der Waals surface area contributed by atoms with Crippen molar-refractivity contribution in [3.8, 4) is 0 Å². The number of carbonyl (C=O) groups excluding carboxylic acids is 5. The molecule has 7 rings (SSSR count). The number of piperidine rings is 1. The lowest BCUT2D eigenvalue weighted by Crippen LogP contribution is -2.42. The fourth-order valence-corrected chi connectivity index (χ4v) is 10.7. The first-order valence-corrected chi connectivity index (χ1v) is 34.8. The first kappa shape index (κ1) is 85.6. The molecule has 6 N–H and O–H groups in total. The Morgan fingerprint density at radius 3 is 1.71 bits per heavy atom. The molecule has 1 unspecified atom stereocenters. The number of anilines is 1. The molecular weight excluding hydrogens is 1270 g/mol. The number of rotatable bonds is 24. The molecule has 5 aromatic carbocycles. The zero-order valence-corrected chi connectivity index (χ0v) is 61.2. The number of alkyl carbamates (subject to hydrolysis) is 1. The molecule has 2 heterocycles. The van der Waals surface area contributed by atoms with Crippen LogP contribution in [0.2, 0.25) is 5.02 Å². The van der Waals surface area contributed by atoms with Gasteiger partial charge in [0.25, 0.3) is 5.91 Å². The van der Waals surface area contributed by atoms with Crippen molar-refractivity contribution in [2.75, 3.05) is 92.3 Å². The summed E-state index contributed by atoms with van der Waals surface area (Å²) in [7, 11) is 1.23. The molecular formula is C75H112ClN9O11S. The van der Waals surface area contributed by atoms with Gasteiger partial charge in [0.15, 0.2) is 0 Å². The van der Waals surface area contributed by atoms with Gasteiger partial charge in [-0.2, -0.15) is 4.31 Å². The zero-order valence-electron chi connectivity index (χ0n) is 59.6. The first-order chi connectivity index (χ1) is 45.4. The van der Waals surface area contributed by atoms with Crippen molar-refractivity contribution in [3.05, 3.63) is 166 Å². The largest absolute Gasteiger partial charge is 0.445 e. The van der Waals surface area contributed by atoms with Crippen LogP contribution in [0.15, 0.2) is 126 Å². The number of sulfonamides is 1. The van der Waals surface area contributed by atoms with E-state index in [2.05, 4.69) is 137 Å². The molecule has 0 spiro atoms. The maximum atomic E-state index is 13.4. The van der Waals surface area contributed by atoms with Crippen LogP contribution in [0, 0.1) is 17.8 Å². The van der Waals surface area contributed by atoms with Crippen LogP contribution in [-0.4, -0.2) is 145 Å². The van der Waals surface area contributed by atoms with E-state index < -0.39 is 10.0 Å². The molecule has 6 aromatic rings. The smallest absolute Gasteiger partial charge is 0.407 e. The molecule has 1 aliphatic heterocycles. The molecule has 0 radical (unpaired) electrons. The number of amides is 5. The number of methoxy groups -OCH3 is 2. The van der Waals surface area contributed by atoms with Crippen LogP contribution >= 0.6 is 11.6 Å². The summed E-state index contributed by atoms with van der Waals surface area (Å²) in [5, 5.41) is 18.6. The number of benzene rings is 5. The quantitative estimate of drug-likeness (QED) is 0.0243. The van der Waals surface area contributed by atoms with Gasteiger partial charge < -0.3 is 50.8 Å². The lowest BCUT2D eigenvalue weighted by molar-refractivity contribution is -0.129. The molecule has 5 amide bonds. The third-order valence-electron chi connectivity index (χ3n) is 14.8. The fraction of sp³-hybridized carbons (Fsp3) is 0.507. The number of hydrogen-bond acceptors (Lipinski definition) is 14. The van der Waals surface area contributed by atoms with E-state index in [4.69, 9.17) is 30.5 Å². The molecule has 1 atom stereocenters. The van der Waals surface area contributed by atoms with Crippen molar-refractivity contribution in [1.29, 1.82) is 0 Å². The number of carbonyl (C=O) groups is 5. The summed E-state index contributed by atoms with van der Waals surface area (Å²) in [5.41, 5.74) is 7.65. The van der Waals surface area contributed by atoms with Crippen LogP contribution in [0.5, 0.6) is 0 Å². The average Bonchev–Trinajstić information content (AvgIpc) is 0.793. The third kappa shape index (κ3) is 31.3. The minimum Gasteiger partial charge on any atom is -0.445 e. The van der Waals surface area contributed by atoms with E-state index in [1.807, 2.05) is 85.7 Å². The number of hydrogen-bond donors (Lipinski definition) is 6. The van der Waals surface area contributed by atoms with E-state index in [0.29, 0.717) is 95.5 Å². The van der Waals surface area contributed by atoms with Crippen molar-refractivity contribution in [3.63, 3.8) is 0 Å². The molecule has 0 aliphatic carbocycles. The second kappa shape index (κ2) is 43.7. The number of aryl methyl sites for hydroxylation is 1. The van der Waals surface area contributed by atoms with E-state index in [1.54, 1.807) is 39.7 Å². The molecule has 0 saturated carbocycles. The number of halogens is 1. The highest BCUT2D eigenvalue weighted by Crippen LogP contribution is 2.36.